The molecular formula is C20H17NO4S2. The highest BCUT2D eigenvalue weighted by molar-refractivity contribution is 8.18. The number of carbonyl (C=O) groups is 2. The number of rotatable bonds is 4. The van der Waals surface area contributed by atoms with Gasteiger partial charge in [-0.15, -0.1) is 11.3 Å². The van der Waals surface area contributed by atoms with Crippen LogP contribution < -0.4 is 0 Å². The summed E-state index contributed by atoms with van der Waals surface area (Å²) in [4.78, 5) is 30.2. The van der Waals surface area contributed by atoms with Crippen molar-refractivity contribution in [2.24, 2.45) is 4.99 Å². The zero-order valence-corrected chi connectivity index (χ0v) is 16.4. The number of thioether (sulfide) groups is 1. The van der Waals surface area contributed by atoms with Gasteiger partial charge in [0, 0.05) is 10.4 Å². The molecule has 1 amide bonds. The zero-order chi connectivity index (χ0) is 19.4. The minimum Gasteiger partial charge on any atom is -0.506 e. The Morgan fingerprint density at radius 1 is 1.22 bits per heavy atom. The van der Waals surface area contributed by atoms with E-state index in [0.717, 1.165) is 22.2 Å². The molecule has 3 rings (SSSR count). The standard InChI is InChI=1S/C20H17NO4S2/c1-3-25-20(24)16-17(22)15(11-14-5-4-10-26-14)27-19(16)21-18(23)13-8-6-12(2)7-9-13/h4-11,22H,3H2,1-2H3/b15-11-,21-19?. The third-order valence-corrected chi connectivity index (χ3v) is 5.53. The van der Waals surface area contributed by atoms with Crippen LogP contribution in [0.1, 0.15) is 27.7 Å². The van der Waals surface area contributed by atoms with E-state index in [-0.39, 0.29) is 23.0 Å². The Bertz CT molecular complexity index is 954. The highest BCUT2D eigenvalue weighted by Crippen LogP contribution is 2.39. The van der Waals surface area contributed by atoms with Crippen LogP contribution in [0.5, 0.6) is 0 Å². The maximum atomic E-state index is 12.5. The molecule has 1 N–H and O–H groups in total. The number of aliphatic hydroxyl groups is 1. The quantitative estimate of drug-likeness (QED) is 0.750. The number of hydrogen-bond acceptors (Lipinski definition) is 6. The molecule has 0 unspecified atom stereocenters. The summed E-state index contributed by atoms with van der Waals surface area (Å²) in [6.07, 6.45) is 1.75. The number of aliphatic imine (C=N–C) groups is 1. The van der Waals surface area contributed by atoms with Crippen LogP contribution in [-0.2, 0) is 9.53 Å². The molecule has 5 nitrogen and oxygen atoms in total. The molecule has 2 heterocycles. The van der Waals surface area contributed by atoms with Crippen LogP contribution in [-0.4, -0.2) is 28.6 Å². The van der Waals surface area contributed by atoms with Crippen molar-refractivity contribution in [3.8, 4) is 0 Å². The number of benzene rings is 1. The first-order valence-corrected chi connectivity index (χ1v) is 9.93. The molecular weight excluding hydrogens is 382 g/mol. The zero-order valence-electron chi connectivity index (χ0n) is 14.8. The summed E-state index contributed by atoms with van der Waals surface area (Å²) in [5.41, 5.74) is 1.36. The lowest BCUT2D eigenvalue weighted by molar-refractivity contribution is -0.138. The lowest BCUT2D eigenvalue weighted by Gasteiger charge is -2.03. The number of thiophene rings is 1. The molecule has 7 heteroatoms. The van der Waals surface area contributed by atoms with E-state index in [2.05, 4.69) is 4.99 Å². The van der Waals surface area contributed by atoms with Gasteiger partial charge in [-0.25, -0.2) is 9.79 Å². The van der Waals surface area contributed by atoms with Crippen LogP contribution in [0.15, 0.2) is 63.0 Å². The first kappa shape index (κ1) is 19.1. The van der Waals surface area contributed by atoms with Gasteiger partial charge in [-0.05, 0) is 43.5 Å². The number of aliphatic hydroxyl groups excluding tert-OH is 1. The number of carbonyl (C=O) groups excluding carboxylic acids is 2. The highest BCUT2D eigenvalue weighted by Gasteiger charge is 2.33. The van der Waals surface area contributed by atoms with Gasteiger partial charge in [0.2, 0.25) is 0 Å². The Hall–Kier alpha value is -2.64. The van der Waals surface area contributed by atoms with Gasteiger partial charge in [0.25, 0.3) is 5.91 Å². The number of hydrogen-bond donors (Lipinski definition) is 1. The fourth-order valence-corrected chi connectivity index (χ4v) is 4.08. The van der Waals surface area contributed by atoms with Gasteiger partial charge in [0.1, 0.15) is 16.4 Å². The van der Waals surface area contributed by atoms with E-state index in [1.54, 1.807) is 25.1 Å². The van der Waals surface area contributed by atoms with Crippen LogP contribution in [0.25, 0.3) is 6.08 Å². The van der Waals surface area contributed by atoms with Crippen molar-refractivity contribution in [2.45, 2.75) is 13.8 Å². The molecule has 1 aliphatic heterocycles. The first-order chi connectivity index (χ1) is 13.0. The Labute approximate surface area is 165 Å². The van der Waals surface area contributed by atoms with Crippen molar-refractivity contribution in [1.82, 2.24) is 0 Å². The summed E-state index contributed by atoms with van der Waals surface area (Å²) in [7, 11) is 0. The predicted molar refractivity (Wildman–Crippen MR) is 109 cm³/mol. The molecule has 0 atom stereocenters. The summed E-state index contributed by atoms with van der Waals surface area (Å²) in [5.74, 6) is -1.40. The first-order valence-electron chi connectivity index (χ1n) is 8.23. The summed E-state index contributed by atoms with van der Waals surface area (Å²) in [6.45, 7) is 3.76. The third-order valence-electron chi connectivity index (χ3n) is 3.69. The maximum Gasteiger partial charge on any atom is 0.344 e. The topological polar surface area (TPSA) is 76.0 Å². The second-order valence-corrected chi connectivity index (χ2v) is 7.67. The van der Waals surface area contributed by atoms with Crippen molar-refractivity contribution >= 4 is 46.1 Å². The second-order valence-electron chi connectivity index (χ2n) is 5.66. The van der Waals surface area contributed by atoms with Crippen LogP contribution in [0.4, 0.5) is 0 Å². The van der Waals surface area contributed by atoms with Gasteiger partial charge in [-0.1, -0.05) is 35.5 Å². The molecule has 0 saturated heterocycles. The molecule has 138 valence electrons. The normalized spacial score (nSPS) is 17.0. The van der Waals surface area contributed by atoms with Gasteiger partial charge in [-0.2, -0.15) is 0 Å². The molecule has 0 bridgehead atoms. The van der Waals surface area contributed by atoms with Crippen molar-refractivity contribution in [2.75, 3.05) is 6.61 Å². The fourth-order valence-electron chi connectivity index (χ4n) is 2.35. The molecule has 0 radical (unpaired) electrons. The minimum atomic E-state index is -0.701. The molecule has 0 spiro atoms. The van der Waals surface area contributed by atoms with Crippen LogP contribution in [0.2, 0.25) is 0 Å². The van der Waals surface area contributed by atoms with E-state index in [1.807, 2.05) is 36.6 Å². The number of ether oxygens (including phenoxy) is 1. The van der Waals surface area contributed by atoms with Gasteiger partial charge in [-0.3, -0.25) is 4.79 Å². The van der Waals surface area contributed by atoms with Gasteiger partial charge >= 0.3 is 5.97 Å². The fraction of sp³-hybridized carbons (Fsp3) is 0.150. The largest absolute Gasteiger partial charge is 0.506 e. The number of esters is 1. The molecule has 1 aromatic carbocycles. The monoisotopic (exact) mass is 399 g/mol. The minimum absolute atomic E-state index is 0.0786. The van der Waals surface area contributed by atoms with E-state index in [4.69, 9.17) is 4.74 Å². The maximum absolute atomic E-state index is 12.5. The van der Waals surface area contributed by atoms with Crippen molar-refractivity contribution < 1.29 is 19.4 Å². The number of amides is 1. The SMILES string of the molecule is CCOC(=O)C1=C(O)/C(=C/c2cccs2)SC1=NC(=O)c1ccc(C)cc1. The van der Waals surface area contributed by atoms with Crippen LogP contribution >= 0.6 is 23.1 Å². The average Bonchev–Trinajstić information content (AvgIpc) is 3.24. The van der Waals surface area contributed by atoms with Crippen molar-refractivity contribution in [1.29, 1.82) is 0 Å². The van der Waals surface area contributed by atoms with E-state index in [0.29, 0.717) is 10.5 Å². The van der Waals surface area contributed by atoms with E-state index >= 15 is 0 Å². The molecule has 1 aliphatic rings. The van der Waals surface area contributed by atoms with Crippen molar-refractivity contribution in [3.05, 3.63) is 74.0 Å². The Balaban J connectivity index is 1.98. The van der Waals surface area contributed by atoms with E-state index in [1.165, 1.54) is 11.3 Å². The number of nitrogens with zero attached hydrogens (tertiary/aromatic N) is 1. The third kappa shape index (κ3) is 4.37. The van der Waals surface area contributed by atoms with Crippen LogP contribution in [0, 0.1) is 6.92 Å². The summed E-state index contributed by atoms with van der Waals surface area (Å²) >= 11 is 2.58. The molecule has 27 heavy (non-hydrogen) atoms. The molecule has 1 aromatic heterocycles. The Morgan fingerprint density at radius 3 is 2.59 bits per heavy atom. The molecule has 2 aromatic rings. The van der Waals surface area contributed by atoms with E-state index < -0.39 is 11.9 Å². The summed E-state index contributed by atoms with van der Waals surface area (Å²) < 4.78 is 5.03. The van der Waals surface area contributed by atoms with Gasteiger partial charge in [0.05, 0.1) is 11.5 Å². The predicted octanol–water partition coefficient (Wildman–Crippen LogP) is 4.76. The lowest BCUT2D eigenvalue weighted by Crippen LogP contribution is -2.14. The molecule has 0 saturated carbocycles. The summed E-state index contributed by atoms with van der Waals surface area (Å²) in [5, 5.41) is 12.6. The Morgan fingerprint density at radius 2 is 1.96 bits per heavy atom. The Kier molecular flexibility index (Phi) is 5.93. The smallest absolute Gasteiger partial charge is 0.344 e. The van der Waals surface area contributed by atoms with Crippen molar-refractivity contribution in [3.63, 3.8) is 0 Å². The van der Waals surface area contributed by atoms with Gasteiger partial charge in [0.15, 0.2) is 0 Å². The average molecular weight is 399 g/mol. The molecule has 0 fully saturated rings. The van der Waals surface area contributed by atoms with Gasteiger partial charge < -0.3 is 9.84 Å². The van der Waals surface area contributed by atoms with E-state index in [9.17, 15) is 14.7 Å². The highest BCUT2D eigenvalue weighted by atomic mass is 32.2. The summed E-state index contributed by atoms with van der Waals surface area (Å²) in [6, 6.07) is 10.8. The van der Waals surface area contributed by atoms with Crippen LogP contribution in [0.3, 0.4) is 0 Å². The second kappa shape index (κ2) is 8.37. The lowest BCUT2D eigenvalue weighted by atomic mass is 10.1. The molecule has 0 aliphatic carbocycles. The number of aryl methyl sites for hydroxylation is 1.